The minimum atomic E-state index is -0.119. The maximum absolute atomic E-state index is 13.0. The highest BCUT2D eigenvalue weighted by atomic mass is 32.1. The summed E-state index contributed by atoms with van der Waals surface area (Å²) in [6.07, 6.45) is 2.19. The van der Waals surface area contributed by atoms with Crippen molar-refractivity contribution in [2.75, 3.05) is 5.32 Å². The number of fused-ring (bicyclic) bond motifs is 1. The van der Waals surface area contributed by atoms with Crippen molar-refractivity contribution < 1.29 is 4.79 Å². The Labute approximate surface area is 190 Å². The van der Waals surface area contributed by atoms with Crippen LogP contribution in [0.15, 0.2) is 78.3 Å². The molecule has 3 aromatic heterocycles. The number of benzene rings is 2. The van der Waals surface area contributed by atoms with Gasteiger partial charge in [0.1, 0.15) is 22.2 Å². The second kappa shape index (κ2) is 8.40. The molecule has 5 nitrogen and oxygen atoms in total. The van der Waals surface area contributed by atoms with Crippen LogP contribution in [0.5, 0.6) is 0 Å². The van der Waals surface area contributed by atoms with Crippen LogP contribution in [0.2, 0.25) is 0 Å². The van der Waals surface area contributed by atoms with Crippen LogP contribution in [0, 0.1) is 13.8 Å². The quantitative estimate of drug-likeness (QED) is 0.370. The number of anilines is 1. The van der Waals surface area contributed by atoms with E-state index in [1.54, 1.807) is 11.3 Å². The predicted molar refractivity (Wildman–Crippen MR) is 130 cm³/mol. The van der Waals surface area contributed by atoms with Gasteiger partial charge < -0.3 is 5.32 Å². The first-order chi connectivity index (χ1) is 15.6. The van der Waals surface area contributed by atoms with Crippen LogP contribution in [-0.4, -0.2) is 20.3 Å². The highest BCUT2D eigenvalue weighted by Crippen LogP contribution is 2.29. The van der Waals surface area contributed by atoms with Crippen molar-refractivity contribution in [3.05, 3.63) is 95.1 Å². The topological polar surface area (TPSA) is 59.3 Å². The van der Waals surface area contributed by atoms with Crippen LogP contribution in [0.1, 0.15) is 16.8 Å². The van der Waals surface area contributed by atoms with Crippen LogP contribution < -0.4 is 5.32 Å². The van der Waals surface area contributed by atoms with Gasteiger partial charge in [-0.05, 0) is 31.5 Å². The molecule has 0 saturated carbocycles. The van der Waals surface area contributed by atoms with E-state index in [1.165, 1.54) is 5.56 Å². The molecule has 0 aliphatic heterocycles. The fraction of sp³-hybridized carbons (Fsp3) is 0.115. The zero-order chi connectivity index (χ0) is 22.1. The second-order valence-electron chi connectivity index (χ2n) is 7.85. The van der Waals surface area contributed by atoms with E-state index in [9.17, 15) is 4.79 Å². The molecular formula is C26H22N4OS. The van der Waals surface area contributed by atoms with Crippen molar-refractivity contribution in [1.82, 2.24) is 14.4 Å². The van der Waals surface area contributed by atoms with E-state index >= 15 is 0 Å². The van der Waals surface area contributed by atoms with Gasteiger partial charge in [0.2, 0.25) is 5.91 Å². The molecule has 2 aromatic carbocycles. The number of aryl methyl sites for hydroxylation is 2. The minimum Gasteiger partial charge on any atom is -0.310 e. The minimum absolute atomic E-state index is 0.119. The van der Waals surface area contributed by atoms with Gasteiger partial charge in [0.05, 0.1) is 12.1 Å². The number of nitrogens with one attached hydrogen (secondary N) is 1. The van der Waals surface area contributed by atoms with Crippen LogP contribution in [-0.2, 0) is 11.2 Å². The third kappa shape index (κ3) is 4.05. The Hall–Kier alpha value is -3.77. The van der Waals surface area contributed by atoms with Crippen LogP contribution in [0.25, 0.3) is 27.5 Å². The SMILES string of the molecule is Cc1cccc(-c2nc(CC(=O)Nc3c(-c4ccccc4)nc4ccc(C)cn34)cs2)c1. The van der Waals surface area contributed by atoms with Gasteiger partial charge in [-0.2, -0.15) is 0 Å². The average Bonchev–Trinajstić information content (AvgIpc) is 3.39. The Kier molecular flexibility index (Phi) is 5.29. The van der Waals surface area contributed by atoms with E-state index in [4.69, 9.17) is 4.98 Å². The number of aromatic nitrogens is 3. The smallest absolute Gasteiger partial charge is 0.231 e. The van der Waals surface area contributed by atoms with Gasteiger partial charge in [-0.1, -0.05) is 60.2 Å². The monoisotopic (exact) mass is 438 g/mol. The molecule has 0 radical (unpaired) electrons. The fourth-order valence-corrected chi connectivity index (χ4v) is 4.52. The molecular weight excluding hydrogens is 416 g/mol. The molecule has 0 spiro atoms. The summed E-state index contributed by atoms with van der Waals surface area (Å²) in [4.78, 5) is 22.5. The van der Waals surface area contributed by atoms with E-state index in [1.807, 2.05) is 77.5 Å². The zero-order valence-electron chi connectivity index (χ0n) is 17.9. The number of carbonyl (C=O) groups is 1. The molecule has 32 heavy (non-hydrogen) atoms. The van der Waals surface area contributed by atoms with E-state index in [0.29, 0.717) is 5.82 Å². The first-order valence-corrected chi connectivity index (χ1v) is 11.3. The molecule has 5 aromatic rings. The van der Waals surface area contributed by atoms with Gasteiger partial charge in [-0.25, -0.2) is 9.97 Å². The first-order valence-electron chi connectivity index (χ1n) is 10.4. The highest BCUT2D eigenvalue weighted by Gasteiger charge is 2.17. The molecule has 158 valence electrons. The molecule has 6 heteroatoms. The lowest BCUT2D eigenvalue weighted by atomic mass is 10.1. The standard InChI is InChI=1S/C26H22N4OS/c1-17-7-6-10-20(13-17)26-27-21(16-32-26)14-23(31)29-25-24(19-8-4-3-5-9-19)28-22-12-11-18(2)15-30(22)25/h3-13,15-16H,14H2,1-2H3,(H,29,31). The number of amides is 1. The summed E-state index contributed by atoms with van der Waals surface area (Å²) < 4.78 is 1.94. The molecule has 0 atom stereocenters. The van der Waals surface area contributed by atoms with E-state index < -0.39 is 0 Å². The normalized spacial score (nSPS) is 11.1. The summed E-state index contributed by atoms with van der Waals surface area (Å²) in [5.41, 5.74) is 6.61. The lowest BCUT2D eigenvalue weighted by Gasteiger charge is -2.08. The Morgan fingerprint density at radius 1 is 0.938 bits per heavy atom. The number of rotatable bonds is 5. The molecule has 3 heterocycles. The van der Waals surface area contributed by atoms with E-state index in [2.05, 4.69) is 29.4 Å². The van der Waals surface area contributed by atoms with Crippen LogP contribution in [0.3, 0.4) is 0 Å². The molecule has 0 fully saturated rings. The number of hydrogen-bond donors (Lipinski definition) is 1. The maximum Gasteiger partial charge on any atom is 0.231 e. The second-order valence-corrected chi connectivity index (χ2v) is 8.71. The summed E-state index contributed by atoms with van der Waals surface area (Å²) >= 11 is 1.56. The van der Waals surface area contributed by atoms with E-state index in [0.717, 1.165) is 38.7 Å². The summed E-state index contributed by atoms with van der Waals surface area (Å²) in [5, 5.41) is 5.97. The molecule has 5 rings (SSSR count). The Morgan fingerprint density at radius 3 is 2.56 bits per heavy atom. The van der Waals surface area contributed by atoms with Crippen molar-refractivity contribution in [3.8, 4) is 21.8 Å². The molecule has 0 saturated heterocycles. The van der Waals surface area contributed by atoms with Crippen LogP contribution >= 0.6 is 11.3 Å². The van der Waals surface area contributed by atoms with Gasteiger partial charge in [-0.15, -0.1) is 11.3 Å². The lowest BCUT2D eigenvalue weighted by Crippen LogP contribution is -2.16. The zero-order valence-corrected chi connectivity index (χ0v) is 18.7. The van der Waals surface area contributed by atoms with Gasteiger partial charge in [0.25, 0.3) is 0 Å². The third-order valence-corrected chi connectivity index (χ3v) is 6.17. The summed E-state index contributed by atoms with van der Waals surface area (Å²) in [6, 6.07) is 22.1. The molecule has 1 N–H and O–H groups in total. The number of thiazole rings is 1. The Morgan fingerprint density at radius 2 is 1.75 bits per heavy atom. The summed E-state index contributed by atoms with van der Waals surface area (Å²) in [6.45, 7) is 4.09. The number of carbonyl (C=O) groups excluding carboxylic acids is 1. The largest absolute Gasteiger partial charge is 0.310 e. The molecule has 0 unspecified atom stereocenters. The highest BCUT2D eigenvalue weighted by molar-refractivity contribution is 7.13. The van der Waals surface area contributed by atoms with Gasteiger partial charge in [0.15, 0.2) is 0 Å². The first kappa shape index (κ1) is 20.2. The average molecular weight is 439 g/mol. The number of pyridine rings is 1. The van der Waals surface area contributed by atoms with E-state index in [-0.39, 0.29) is 12.3 Å². The number of nitrogens with zero attached hydrogens (tertiary/aromatic N) is 3. The molecule has 0 aliphatic rings. The van der Waals surface area contributed by atoms with Crippen LogP contribution in [0.4, 0.5) is 5.82 Å². The van der Waals surface area contributed by atoms with Gasteiger partial charge in [0, 0.05) is 22.7 Å². The van der Waals surface area contributed by atoms with Gasteiger partial charge in [-0.3, -0.25) is 9.20 Å². The Balaban J connectivity index is 1.43. The predicted octanol–water partition coefficient (Wildman–Crippen LogP) is 5.92. The van der Waals surface area contributed by atoms with Crippen molar-refractivity contribution in [2.24, 2.45) is 0 Å². The molecule has 1 amide bonds. The third-order valence-electron chi connectivity index (χ3n) is 5.23. The van der Waals surface area contributed by atoms with Crippen molar-refractivity contribution in [2.45, 2.75) is 20.3 Å². The van der Waals surface area contributed by atoms with Crippen molar-refractivity contribution in [1.29, 1.82) is 0 Å². The summed E-state index contributed by atoms with van der Waals surface area (Å²) in [5.74, 6) is 0.556. The molecule has 0 aliphatic carbocycles. The number of imidazole rings is 1. The maximum atomic E-state index is 13.0. The van der Waals surface area contributed by atoms with Crippen molar-refractivity contribution in [3.63, 3.8) is 0 Å². The van der Waals surface area contributed by atoms with Crippen molar-refractivity contribution >= 4 is 28.7 Å². The van der Waals surface area contributed by atoms with Gasteiger partial charge >= 0.3 is 0 Å². The molecule has 0 bridgehead atoms. The Bertz CT molecular complexity index is 1420. The fourth-order valence-electron chi connectivity index (χ4n) is 3.71. The number of hydrogen-bond acceptors (Lipinski definition) is 4. The lowest BCUT2D eigenvalue weighted by molar-refractivity contribution is -0.115. The summed E-state index contributed by atoms with van der Waals surface area (Å²) in [7, 11) is 0.